The number of likely N-dealkylation sites (tertiary alicyclic amines) is 2. The van der Waals surface area contributed by atoms with Gasteiger partial charge < -0.3 is 48.5 Å². The van der Waals surface area contributed by atoms with Crippen molar-refractivity contribution in [2.75, 3.05) is 124 Å². The van der Waals surface area contributed by atoms with Gasteiger partial charge in [-0.2, -0.15) is 26.3 Å². The van der Waals surface area contributed by atoms with Crippen molar-refractivity contribution in [2.45, 2.75) is 127 Å². The maximum Gasteiger partial charge on any atom is 0.416 e. The number of methoxy groups -OCH3 is 1. The zero-order valence-electron chi connectivity index (χ0n) is 58.3. The number of piperidine rings is 3. The third kappa shape index (κ3) is 19.5. The third-order valence-corrected chi connectivity index (χ3v) is 21.0. The Hall–Kier alpha value is -8.38. The Bertz CT molecular complexity index is 3730. The number of halogens is 7. The molecule has 550 valence electrons. The second kappa shape index (κ2) is 34.7. The molecule has 0 unspecified atom stereocenters. The van der Waals surface area contributed by atoms with Crippen LogP contribution in [0.3, 0.4) is 0 Å². The van der Waals surface area contributed by atoms with Crippen LogP contribution >= 0.6 is 0 Å². The van der Waals surface area contributed by atoms with Crippen LogP contribution < -0.4 is 10.2 Å². The van der Waals surface area contributed by atoms with Gasteiger partial charge in [0.25, 0.3) is 11.8 Å². The van der Waals surface area contributed by atoms with E-state index in [0.717, 1.165) is 131 Å². The van der Waals surface area contributed by atoms with Crippen LogP contribution in [-0.2, 0) is 53.6 Å². The minimum atomic E-state index is -5.09. The Morgan fingerprint density at radius 3 is 1.91 bits per heavy atom. The van der Waals surface area contributed by atoms with E-state index >= 15 is 0 Å². The van der Waals surface area contributed by atoms with Crippen molar-refractivity contribution in [3.05, 3.63) is 190 Å². The van der Waals surface area contributed by atoms with E-state index < -0.39 is 52.5 Å². The van der Waals surface area contributed by atoms with Crippen LogP contribution in [0.25, 0.3) is 11.1 Å². The molecule has 11 rings (SSSR count). The summed E-state index contributed by atoms with van der Waals surface area (Å²) in [4.78, 5) is 77.4. The second-order valence-electron chi connectivity index (χ2n) is 27.5. The minimum absolute atomic E-state index is 0. The minimum Gasteiger partial charge on any atom is -0.446 e. The summed E-state index contributed by atoms with van der Waals surface area (Å²) in [5, 5.41) is 2.94. The number of carbonyl (C=O) groups is 5. The van der Waals surface area contributed by atoms with Gasteiger partial charge >= 0.3 is 18.4 Å². The summed E-state index contributed by atoms with van der Waals surface area (Å²) in [6.07, 6.45) is -1.38. The van der Waals surface area contributed by atoms with E-state index in [1.54, 1.807) is 24.0 Å². The van der Waals surface area contributed by atoms with Gasteiger partial charge in [0.05, 0.1) is 29.5 Å². The van der Waals surface area contributed by atoms with Crippen molar-refractivity contribution in [3.8, 4) is 11.1 Å². The number of amides is 5. The first-order valence-electron chi connectivity index (χ1n) is 35.1. The van der Waals surface area contributed by atoms with Gasteiger partial charge in [-0.3, -0.25) is 24.5 Å². The Kier molecular flexibility index (Phi) is 26.5. The molecule has 2 atom stereocenters. The molecule has 102 heavy (non-hydrogen) atoms. The molecule has 0 bridgehead atoms. The lowest BCUT2D eigenvalue weighted by Crippen LogP contribution is -2.49. The van der Waals surface area contributed by atoms with E-state index in [9.17, 15) is 54.7 Å². The largest absolute Gasteiger partial charge is 0.446 e. The molecule has 4 fully saturated rings. The van der Waals surface area contributed by atoms with Crippen LogP contribution in [0, 0.1) is 11.7 Å². The Labute approximate surface area is 595 Å². The highest BCUT2D eigenvalue weighted by atomic mass is 19.4. The summed E-state index contributed by atoms with van der Waals surface area (Å²) in [6.45, 7) is 9.70. The van der Waals surface area contributed by atoms with Gasteiger partial charge in [-0.1, -0.05) is 99.3 Å². The van der Waals surface area contributed by atoms with Crippen molar-refractivity contribution in [1.82, 2.24) is 29.4 Å². The summed E-state index contributed by atoms with van der Waals surface area (Å²) < 4.78 is 113. The summed E-state index contributed by atoms with van der Waals surface area (Å²) >= 11 is 0. The Balaban J connectivity index is 0.000000238. The number of nitrogens with one attached hydrogen (secondary N) is 1. The Morgan fingerprint density at radius 1 is 0.657 bits per heavy atom. The van der Waals surface area contributed by atoms with Crippen LogP contribution in [-0.4, -0.2) is 185 Å². The summed E-state index contributed by atoms with van der Waals surface area (Å²) in [6, 6.07) is 40.4. The first kappa shape index (κ1) is 77.8. The molecule has 1 spiro atoms. The molecule has 0 aromatic heterocycles. The Morgan fingerprint density at radius 2 is 1.26 bits per heavy atom. The van der Waals surface area contributed by atoms with E-state index in [2.05, 4.69) is 32.1 Å². The number of ether oxygens (including phenoxy) is 3. The summed E-state index contributed by atoms with van der Waals surface area (Å²) in [5.41, 5.74) is 2.56. The standard InChI is InChI=1S/C44H60N6O5.C34H33F7N2O3.CH4/c1-5-41(51)46(2)26-11-27-48(4)43(53)36-17-19-37(20-18-36)50-30-22-34(23-31-50)16-21-42(52)47(3)32-33-49-28-24-38(25-29-49)55-44(54)45-40-15-10-9-14-39(40)35-12-7-6-8-13-35;1-45-29-18-22-4-2-3-5-28(22)31(29)10-13-42(14-11-31)15-12-32(24-6-8-27(35)9-7-24)20-43(21-46-32)30(44)23-16-25(33(36,37)38)19-26(17-23)34(39,40)41;/h6-10,12-15,17-20,34,38H,5,11,16,21-33H2,1-4H3,(H,45,54);2-9,16-17,19,29H,10-15,18,20-21H2,1H3;1H4/t;29-,32-;/m.0./s1. The lowest BCUT2D eigenvalue weighted by molar-refractivity contribution is -0.143. The molecule has 23 heteroatoms. The van der Waals surface area contributed by atoms with Gasteiger partial charge in [0.1, 0.15) is 24.3 Å². The molecular formula is C79H97F7N8O8. The molecule has 0 radical (unpaired) electrons. The SMILES string of the molecule is C.CCC(=O)N(C)CCCN(C)C(=O)c1ccc(N2CCC(CCC(=O)N(C)CCN3CCC(OC(=O)Nc4ccccc4-c4ccccc4)CC3)CC2)cc1.CO[C@H]1Cc2ccccc2C12CCN(CC[C@@]1(c3ccc(F)cc3)CN(C(=O)c3cc(C(F)(F)F)cc(C(F)(F)F)c3)CO1)CC2. The molecule has 6 aromatic rings. The number of anilines is 2. The van der Waals surface area contributed by atoms with Crippen LogP contribution in [0.5, 0.6) is 0 Å². The monoisotopic (exact) mass is 1420 g/mol. The number of fused-ring (bicyclic) bond motifs is 2. The number of nitrogens with zero attached hydrogens (tertiary/aromatic N) is 7. The molecule has 5 aliphatic rings. The first-order chi connectivity index (χ1) is 48.3. The number of hydrogen-bond donors (Lipinski definition) is 1. The predicted molar refractivity (Wildman–Crippen MR) is 380 cm³/mol. The number of alkyl halides is 6. The van der Waals surface area contributed by atoms with Gasteiger partial charge in [-0.15, -0.1) is 0 Å². The highest BCUT2D eigenvalue weighted by Gasteiger charge is 2.50. The number of benzene rings is 6. The normalized spacial score (nSPS) is 18.7. The highest BCUT2D eigenvalue weighted by molar-refractivity contribution is 5.95. The zero-order chi connectivity index (χ0) is 72.1. The van der Waals surface area contributed by atoms with E-state index in [0.29, 0.717) is 74.6 Å². The van der Waals surface area contributed by atoms with E-state index in [1.165, 1.54) is 35.4 Å². The highest BCUT2D eigenvalue weighted by Crippen LogP contribution is 2.48. The molecule has 1 N–H and O–H groups in total. The summed E-state index contributed by atoms with van der Waals surface area (Å²) in [5.74, 6) is -0.686. The topological polar surface area (TPSA) is 148 Å². The van der Waals surface area contributed by atoms with Crippen LogP contribution in [0.15, 0.2) is 146 Å². The third-order valence-electron chi connectivity index (χ3n) is 21.0. The lowest BCUT2D eigenvalue weighted by atomic mass is 9.72. The average Bonchev–Trinajstić information content (AvgIpc) is 1.59. The lowest BCUT2D eigenvalue weighted by Gasteiger charge is -2.44. The zero-order valence-corrected chi connectivity index (χ0v) is 58.3. The number of likely N-dealkylation sites (N-methyl/N-ethyl adjacent to an activating group) is 1. The molecule has 4 saturated heterocycles. The van der Waals surface area contributed by atoms with E-state index in [1.807, 2.05) is 117 Å². The van der Waals surface area contributed by atoms with E-state index in [-0.39, 0.29) is 62.1 Å². The second-order valence-corrected chi connectivity index (χ2v) is 27.5. The van der Waals surface area contributed by atoms with Gasteiger partial charge in [0, 0.05) is 128 Å². The smallest absolute Gasteiger partial charge is 0.416 e. The molecule has 4 aliphatic heterocycles. The fourth-order valence-corrected chi connectivity index (χ4v) is 14.9. The van der Waals surface area contributed by atoms with Gasteiger partial charge in [-0.05, 0) is 166 Å². The fraction of sp³-hybridized carbons (Fsp3) is 0.481. The number of hydrogen-bond acceptors (Lipinski definition) is 11. The first-order valence-corrected chi connectivity index (χ1v) is 35.1. The van der Waals surface area contributed by atoms with Crippen LogP contribution in [0.1, 0.15) is 134 Å². The van der Waals surface area contributed by atoms with Crippen LogP contribution in [0.2, 0.25) is 0 Å². The van der Waals surface area contributed by atoms with E-state index in [4.69, 9.17) is 14.2 Å². The van der Waals surface area contributed by atoms with Crippen molar-refractivity contribution >= 4 is 41.1 Å². The quantitative estimate of drug-likeness (QED) is 0.0648. The van der Waals surface area contributed by atoms with Crippen molar-refractivity contribution in [1.29, 1.82) is 0 Å². The maximum absolute atomic E-state index is 13.9. The number of carbonyl (C=O) groups excluding carboxylic acids is 5. The number of rotatable bonds is 22. The molecule has 5 amide bonds. The van der Waals surface area contributed by atoms with Crippen molar-refractivity contribution < 1.29 is 68.9 Å². The fourth-order valence-electron chi connectivity index (χ4n) is 14.9. The predicted octanol–water partition coefficient (Wildman–Crippen LogP) is 14.7. The maximum atomic E-state index is 13.9. The van der Waals surface area contributed by atoms with Crippen LogP contribution in [0.4, 0.5) is 46.9 Å². The average molecular weight is 1420 g/mol. The molecule has 0 saturated carbocycles. The molecule has 4 heterocycles. The molecule has 16 nitrogen and oxygen atoms in total. The molecular weight excluding hydrogens is 1320 g/mol. The van der Waals surface area contributed by atoms with Gasteiger partial charge in [0.2, 0.25) is 11.8 Å². The molecule has 1 aliphatic carbocycles. The van der Waals surface area contributed by atoms with Crippen molar-refractivity contribution in [3.63, 3.8) is 0 Å². The molecule has 6 aromatic carbocycles. The van der Waals surface area contributed by atoms with Crippen molar-refractivity contribution in [2.24, 2.45) is 5.92 Å². The van der Waals surface area contributed by atoms with Gasteiger partial charge in [0.15, 0.2) is 0 Å². The number of para-hydroxylation sites is 1. The van der Waals surface area contributed by atoms with Gasteiger partial charge in [-0.25, -0.2) is 9.18 Å². The summed E-state index contributed by atoms with van der Waals surface area (Å²) in [7, 11) is 7.26.